The first-order valence-corrected chi connectivity index (χ1v) is 6.44. The fourth-order valence-electron chi connectivity index (χ4n) is 2.33. The standard InChI is InChI=1S/C14H17N3O2.ClH/c1-18-11(10-6-3-2-4-7-10)12-16-13(17-19-12)14(15)8-5-9-14;/h2-4,6-7,11H,5,8-9,15H2,1H3;1H. The SMILES string of the molecule is COC(c1ccccc1)c1nc(C2(N)CCC2)no1.Cl. The number of nitrogens with zero attached hydrogens (tertiary/aromatic N) is 2. The van der Waals surface area contributed by atoms with E-state index in [-0.39, 0.29) is 18.5 Å². The molecule has 1 aromatic carbocycles. The van der Waals surface area contributed by atoms with Gasteiger partial charge in [0.25, 0.3) is 5.89 Å². The second-order valence-electron chi connectivity index (χ2n) is 4.99. The Morgan fingerprint density at radius 1 is 1.30 bits per heavy atom. The molecule has 1 atom stereocenters. The molecule has 0 amide bonds. The molecule has 1 aliphatic carbocycles. The van der Waals surface area contributed by atoms with Crippen LogP contribution < -0.4 is 5.73 Å². The van der Waals surface area contributed by atoms with Crippen LogP contribution in [-0.4, -0.2) is 17.3 Å². The lowest BCUT2D eigenvalue weighted by Crippen LogP contribution is -2.44. The number of methoxy groups -OCH3 is 1. The minimum Gasteiger partial charge on any atom is -0.367 e. The van der Waals surface area contributed by atoms with E-state index in [1.54, 1.807) is 7.11 Å². The van der Waals surface area contributed by atoms with Gasteiger partial charge in [0.15, 0.2) is 11.9 Å². The lowest BCUT2D eigenvalue weighted by molar-refractivity contribution is 0.105. The van der Waals surface area contributed by atoms with E-state index >= 15 is 0 Å². The molecule has 0 saturated heterocycles. The summed E-state index contributed by atoms with van der Waals surface area (Å²) in [7, 11) is 1.63. The van der Waals surface area contributed by atoms with Gasteiger partial charge in [0.05, 0.1) is 5.54 Å². The third-order valence-electron chi connectivity index (χ3n) is 3.70. The Balaban J connectivity index is 0.00000147. The number of aromatic nitrogens is 2. The van der Waals surface area contributed by atoms with Crippen molar-refractivity contribution in [3.05, 3.63) is 47.6 Å². The van der Waals surface area contributed by atoms with Crippen molar-refractivity contribution >= 4 is 12.4 Å². The molecule has 0 aliphatic heterocycles. The molecule has 6 heteroatoms. The zero-order valence-corrected chi connectivity index (χ0v) is 12.1. The van der Waals surface area contributed by atoms with Crippen molar-refractivity contribution < 1.29 is 9.26 Å². The smallest absolute Gasteiger partial charge is 0.260 e. The van der Waals surface area contributed by atoms with Crippen LogP contribution in [0.1, 0.15) is 42.6 Å². The molecule has 2 aromatic rings. The quantitative estimate of drug-likeness (QED) is 0.938. The number of hydrogen-bond acceptors (Lipinski definition) is 5. The largest absolute Gasteiger partial charge is 0.367 e. The third-order valence-corrected chi connectivity index (χ3v) is 3.70. The summed E-state index contributed by atoms with van der Waals surface area (Å²) in [6, 6.07) is 9.81. The second-order valence-corrected chi connectivity index (χ2v) is 4.99. The normalized spacial score (nSPS) is 17.9. The predicted octanol–water partition coefficient (Wildman–Crippen LogP) is 2.57. The molecule has 0 bridgehead atoms. The van der Waals surface area contributed by atoms with E-state index in [0.717, 1.165) is 24.8 Å². The molecule has 3 rings (SSSR count). The second kappa shape index (κ2) is 5.91. The maximum atomic E-state index is 6.19. The lowest BCUT2D eigenvalue weighted by Gasteiger charge is -2.34. The van der Waals surface area contributed by atoms with Crippen LogP contribution in [0.3, 0.4) is 0 Å². The fraction of sp³-hybridized carbons (Fsp3) is 0.429. The van der Waals surface area contributed by atoms with Crippen LogP contribution >= 0.6 is 12.4 Å². The van der Waals surface area contributed by atoms with Gasteiger partial charge in [-0.1, -0.05) is 35.5 Å². The minimum absolute atomic E-state index is 0. The van der Waals surface area contributed by atoms with Crippen LogP contribution in [0.25, 0.3) is 0 Å². The van der Waals surface area contributed by atoms with Gasteiger partial charge in [-0.15, -0.1) is 12.4 Å². The molecule has 0 radical (unpaired) electrons. The minimum atomic E-state index is -0.406. The van der Waals surface area contributed by atoms with Crippen LogP contribution in [0.15, 0.2) is 34.9 Å². The highest BCUT2D eigenvalue weighted by atomic mass is 35.5. The summed E-state index contributed by atoms with van der Waals surface area (Å²) in [4.78, 5) is 4.42. The summed E-state index contributed by atoms with van der Waals surface area (Å²) in [6.45, 7) is 0. The molecule has 2 N–H and O–H groups in total. The third kappa shape index (κ3) is 2.57. The molecule has 1 aromatic heterocycles. The maximum absolute atomic E-state index is 6.19. The number of benzene rings is 1. The number of halogens is 1. The number of hydrogen-bond donors (Lipinski definition) is 1. The van der Waals surface area contributed by atoms with Crippen molar-refractivity contribution in [2.75, 3.05) is 7.11 Å². The van der Waals surface area contributed by atoms with Crippen LogP contribution in [0.4, 0.5) is 0 Å². The Bertz CT molecular complexity index is 555. The highest BCUT2D eigenvalue weighted by molar-refractivity contribution is 5.85. The van der Waals surface area contributed by atoms with Crippen LogP contribution in [0.5, 0.6) is 0 Å². The van der Waals surface area contributed by atoms with E-state index in [0.29, 0.717) is 11.7 Å². The number of ether oxygens (including phenoxy) is 1. The summed E-state index contributed by atoms with van der Waals surface area (Å²) in [5, 5.41) is 4.01. The molecule has 1 unspecified atom stereocenters. The summed E-state index contributed by atoms with van der Waals surface area (Å²) >= 11 is 0. The molecule has 1 fully saturated rings. The molecule has 1 heterocycles. The molecule has 108 valence electrons. The molecule has 20 heavy (non-hydrogen) atoms. The van der Waals surface area contributed by atoms with Crippen molar-refractivity contribution in [2.45, 2.75) is 30.9 Å². The van der Waals surface area contributed by atoms with E-state index in [2.05, 4.69) is 10.1 Å². The Kier molecular flexibility index (Phi) is 4.42. The predicted molar refractivity (Wildman–Crippen MR) is 76.6 cm³/mol. The molecule has 1 saturated carbocycles. The Morgan fingerprint density at radius 3 is 2.55 bits per heavy atom. The van der Waals surface area contributed by atoms with Gasteiger partial charge in [0.1, 0.15) is 0 Å². The highest BCUT2D eigenvalue weighted by Gasteiger charge is 2.39. The molecular weight excluding hydrogens is 278 g/mol. The van der Waals surface area contributed by atoms with Crippen LogP contribution in [0.2, 0.25) is 0 Å². The van der Waals surface area contributed by atoms with Gasteiger partial charge in [0, 0.05) is 7.11 Å². The summed E-state index contributed by atoms with van der Waals surface area (Å²) < 4.78 is 10.8. The van der Waals surface area contributed by atoms with Crippen LogP contribution in [-0.2, 0) is 10.3 Å². The van der Waals surface area contributed by atoms with E-state index in [1.165, 1.54) is 0 Å². The van der Waals surface area contributed by atoms with Crippen molar-refractivity contribution in [3.63, 3.8) is 0 Å². The van der Waals surface area contributed by atoms with Crippen molar-refractivity contribution in [3.8, 4) is 0 Å². The Labute approximate surface area is 123 Å². The van der Waals surface area contributed by atoms with E-state index in [9.17, 15) is 0 Å². The van der Waals surface area contributed by atoms with Gasteiger partial charge in [-0.25, -0.2) is 0 Å². The lowest BCUT2D eigenvalue weighted by atomic mass is 9.77. The number of nitrogens with two attached hydrogens (primary N) is 1. The average Bonchev–Trinajstić information content (AvgIpc) is 2.88. The first-order valence-electron chi connectivity index (χ1n) is 6.44. The van der Waals surface area contributed by atoms with E-state index in [1.807, 2.05) is 30.3 Å². The molecular formula is C14H18ClN3O2. The Hall–Kier alpha value is -1.43. The molecule has 1 aliphatic rings. The van der Waals surface area contributed by atoms with Gasteiger partial charge in [0.2, 0.25) is 0 Å². The maximum Gasteiger partial charge on any atom is 0.260 e. The zero-order chi connectivity index (χ0) is 13.3. The van der Waals surface area contributed by atoms with Gasteiger partial charge in [-0.3, -0.25) is 0 Å². The van der Waals surface area contributed by atoms with Gasteiger partial charge < -0.3 is 15.0 Å². The summed E-state index contributed by atoms with van der Waals surface area (Å²) in [5.74, 6) is 1.05. The fourth-order valence-corrected chi connectivity index (χ4v) is 2.33. The zero-order valence-electron chi connectivity index (χ0n) is 11.3. The summed E-state index contributed by atoms with van der Waals surface area (Å²) in [6.07, 6.45) is 2.60. The topological polar surface area (TPSA) is 74.2 Å². The van der Waals surface area contributed by atoms with Crippen molar-refractivity contribution in [1.29, 1.82) is 0 Å². The van der Waals surface area contributed by atoms with Crippen molar-refractivity contribution in [1.82, 2.24) is 10.1 Å². The van der Waals surface area contributed by atoms with Gasteiger partial charge in [-0.05, 0) is 24.8 Å². The average molecular weight is 296 g/mol. The highest BCUT2D eigenvalue weighted by Crippen LogP contribution is 2.37. The van der Waals surface area contributed by atoms with E-state index in [4.69, 9.17) is 15.0 Å². The van der Waals surface area contributed by atoms with Gasteiger partial charge in [-0.2, -0.15) is 4.98 Å². The first-order chi connectivity index (χ1) is 9.23. The van der Waals surface area contributed by atoms with E-state index < -0.39 is 5.54 Å². The first kappa shape index (κ1) is 15.0. The molecule has 0 spiro atoms. The van der Waals surface area contributed by atoms with Crippen LogP contribution in [0, 0.1) is 0 Å². The number of rotatable bonds is 4. The van der Waals surface area contributed by atoms with Gasteiger partial charge >= 0.3 is 0 Å². The van der Waals surface area contributed by atoms with Crippen molar-refractivity contribution in [2.24, 2.45) is 5.73 Å². The summed E-state index contributed by atoms with van der Waals surface area (Å²) in [5.41, 5.74) is 6.77. The molecule has 5 nitrogen and oxygen atoms in total. The monoisotopic (exact) mass is 295 g/mol. The Morgan fingerprint density at radius 2 is 2.00 bits per heavy atom.